The summed E-state index contributed by atoms with van der Waals surface area (Å²) in [6.07, 6.45) is -4.48. The standard InChI is InChI=1S/C12H16N2O6/c1-6-2-3-8(14(18)19)7(4-6)13-12-11(17)10(16)9(5-15)20-12/h2-4,9-13,15-17H,5H2,1H3/t9-,10+,11-,12-/m1/s1. The Kier molecular flexibility index (Phi) is 4.19. The summed E-state index contributed by atoms with van der Waals surface area (Å²) < 4.78 is 5.23. The molecule has 8 nitrogen and oxygen atoms in total. The second-order valence-electron chi connectivity index (χ2n) is 4.68. The van der Waals surface area contributed by atoms with Gasteiger partial charge in [-0.25, -0.2) is 0 Å². The maximum absolute atomic E-state index is 10.9. The molecule has 4 atom stereocenters. The number of rotatable bonds is 4. The highest BCUT2D eigenvalue weighted by atomic mass is 16.6. The van der Waals surface area contributed by atoms with Gasteiger partial charge in [-0.2, -0.15) is 0 Å². The molecule has 4 N–H and O–H groups in total. The Balaban J connectivity index is 2.22. The Morgan fingerprint density at radius 3 is 2.65 bits per heavy atom. The van der Waals surface area contributed by atoms with E-state index in [4.69, 9.17) is 9.84 Å². The molecule has 20 heavy (non-hydrogen) atoms. The van der Waals surface area contributed by atoms with E-state index in [1.165, 1.54) is 6.07 Å². The van der Waals surface area contributed by atoms with Crippen LogP contribution in [0, 0.1) is 17.0 Å². The maximum Gasteiger partial charge on any atom is 0.292 e. The molecule has 0 bridgehead atoms. The summed E-state index contributed by atoms with van der Waals surface area (Å²) in [5.74, 6) is 0. The van der Waals surface area contributed by atoms with Crippen molar-refractivity contribution in [2.45, 2.75) is 31.5 Å². The van der Waals surface area contributed by atoms with E-state index >= 15 is 0 Å². The Bertz CT molecular complexity index is 509. The van der Waals surface area contributed by atoms with E-state index in [2.05, 4.69) is 5.32 Å². The van der Waals surface area contributed by atoms with E-state index in [0.29, 0.717) is 0 Å². The number of aliphatic hydroxyl groups is 3. The van der Waals surface area contributed by atoms with Gasteiger partial charge in [-0.1, -0.05) is 6.07 Å². The van der Waals surface area contributed by atoms with Gasteiger partial charge in [-0.05, 0) is 18.6 Å². The molecule has 1 aromatic carbocycles. The molecule has 110 valence electrons. The van der Waals surface area contributed by atoms with Crippen LogP contribution >= 0.6 is 0 Å². The number of nitrogens with one attached hydrogen (secondary N) is 1. The molecule has 1 aromatic rings. The third-order valence-corrected chi connectivity index (χ3v) is 3.19. The smallest absolute Gasteiger partial charge is 0.292 e. The first-order valence-electron chi connectivity index (χ1n) is 6.08. The Hall–Kier alpha value is -1.74. The number of nitrogens with zero attached hydrogens (tertiary/aromatic N) is 1. The molecule has 0 spiro atoms. The number of hydrogen-bond acceptors (Lipinski definition) is 7. The molecule has 1 aliphatic rings. The number of anilines is 1. The van der Waals surface area contributed by atoms with Crippen molar-refractivity contribution in [2.75, 3.05) is 11.9 Å². The SMILES string of the molecule is Cc1ccc([N+](=O)[O-])c(N[C@@H]2O[C@H](CO)[C@H](O)[C@H]2O)c1. The van der Waals surface area contributed by atoms with Gasteiger partial charge in [0, 0.05) is 6.07 Å². The first-order chi connectivity index (χ1) is 9.43. The molecule has 2 rings (SSSR count). The van der Waals surface area contributed by atoms with Gasteiger partial charge in [0.2, 0.25) is 0 Å². The number of benzene rings is 1. The van der Waals surface area contributed by atoms with E-state index in [1.807, 2.05) is 0 Å². The van der Waals surface area contributed by atoms with Crippen LogP contribution in [-0.2, 0) is 4.74 Å². The predicted molar refractivity (Wildman–Crippen MR) is 69.2 cm³/mol. The molecule has 1 aliphatic heterocycles. The van der Waals surface area contributed by atoms with E-state index < -0.39 is 36.1 Å². The van der Waals surface area contributed by atoms with Gasteiger partial charge < -0.3 is 25.4 Å². The summed E-state index contributed by atoms with van der Waals surface area (Å²) in [6.45, 7) is 1.32. The number of nitro benzene ring substituents is 1. The van der Waals surface area contributed by atoms with Gasteiger partial charge in [-0.3, -0.25) is 10.1 Å². The van der Waals surface area contributed by atoms with Crippen LogP contribution in [0.25, 0.3) is 0 Å². The predicted octanol–water partition coefficient (Wildman–Crippen LogP) is -0.246. The minimum absolute atomic E-state index is 0.159. The van der Waals surface area contributed by atoms with Crippen LogP contribution in [0.2, 0.25) is 0 Å². The lowest BCUT2D eigenvalue weighted by Gasteiger charge is -2.17. The van der Waals surface area contributed by atoms with Crippen molar-refractivity contribution < 1.29 is 25.0 Å². The summed E-state index contributed by atoms with van der Waals surface area (Å²) in [4.78, 5) is 10.4. The summed E-state index contributed by atoms with van der Waals surface area (Å²) in [6, 6.07) is 4.49. The fourth-order valence-electron chi connectivity index (χ4n) is 2.10. The summed E-state index contributed by atoms with van der Waals surface area (Å²) >= 11 is 0. The molecule has 8 heteroatoms. The highest BCUT2D eigenvalue weighted by Gasteiger charge is 2.42. The fraction of sp³-hybridized carbons (Fsp3) is 0.500. The zero-order valence-corrected chi connectivity index (χ0v) is 10.8. The average molecular weight is 284 g/mol. The number of aliphatic hydroxyl groups excluding tert-OH is 3. The van der Waals surface area contributed by atoms with E-state index in [9.17, 15) is 20.3 Å². The van der Waals surface area contributed by atoms with Crippen molar-refractivity contribution in [2.24, 2.45) is 0 Å². The number of aryl methyl sites for hydroxylation is 1. The third kappa shape index (κ3) is 2.73. The van der Waals surface area contributed by atoms with Crippen LogP contribution in [-0.4, -0.2) is 51.4 Å². The van der Waals surface area contributed by atoms with Crippen LogP contribution < -0.4 is 5.32 Å². The second kappa shape index (κ2) is 5.71. The molecule has 0 saturated carbocycles. The minimum atomic E-state index is -1.28. The van der Waals surface area contributed by atoms with Crippen LogP contribution in [0.4, 0.5) is 11.4 Å². The Morgan fingerprint density at radius 1 is 1.40 bits per heavy atom. The van der Waals surface area contributed by atoms with E-state index in [0.717, 1.165) is 5.56 Å². The van der Waals surface area contributed by atoms with Gasteiger partial charge in [0.15, 0.2) is 6.23 Å². The zero-order chi connectivity index (χ0) is 14.9. The Labute approximate surface area is 114 Å². The number of ether oxygens (including phenoxy) is 1. The van der Waals surface area contributed by atoms with Crippen LogP contribution in [0.5, 0.6) is 0 Å². The molecule has 0 aromatic heterocycles. The van der Waals surface area contributed by atoms with Gasteiger partial charge in [-0.15, -0.1) is 0 Å². The second-order valence-corrected chi connectivity index (χ2v) is 4.68. The Morgan fingerprint density at radius 2 is 2.10 bits per heavy atom. The molecular weight excluding hydrogens is 268 g/mol. The molecule has 1 heterocycles. The number of nitro groups is 1. The topological polar surface area (TPSA) is 125 Å². The van der Waals surface area contributed by atoms with E-state index in [1.54, 1.807) is 19.1 Å². The van der Waals surface area contributed by atoms with Gasteiger partial charge >= 0.3 is 0 Å². The number of hydrogen-bond donors (Lipinski definition) is 4. The average Bonchev–Trinajstić information content (AvgIpc) is 2.66. The normalized spacial score (nSPS) is 29.4. The molecule has 1 saturated heterocycles. The lowest BCUT2D eigenvalue weighted by Crippen LogP contribution is -2.36. The molecule has 0 unspecified atom stereocenters. The molecular formula is C12H16N2O6. The van der Waals surface area contributed by atoms with Crippen molar-refractivity contribution >= 4 is 11.4 Å². The highest BCUT2D eigenvalue weighted by Crippen LogP contribution is 2.29. The van der Waals surface area contributed by atoms with Crippen LogP contribution in [0.15, 0.2) is 18.2 Å². The van der Waals surface area contributed by atoms with Crippen molar-refractivity contribution in [3.63, 3.8) is 0 Å². The first-order valence-corrected chi connectivity index (χ1v) is 6.08. The zero-order valence-electron chi connectivity index (χ0n) is 10.8. The molecule has 0 amide bonds. The van der Waals surface area contributed by atoms with Crippen molar-refractivity contribution in [3.05, 3.63) is 33.9 Å². The molecule has 1 fully saturated rings. The first kappa shape index (κ1) is 14.7. The van der Waals surface area contributed by atoms with Gasteiger partial charge in [0.25, 0.3) is 5.69 Å². The van der Waals surface area contributed by atoms with Crippen LogP contribution in [0.1, 0.15) is 5.56 Å². The summed E-state index contributed by atoms with van der Waals surface area (Å²) in [5.41, 5.74) is 0.822. The van der Waals surface area contributed by atoms with Crippen molar-refractivity contribution in [1.82, 2.24) is 0 Å². The monoisotopic (exact) mass is 284 g/mol. The minimum Gasteiger partial charge on any atom is -0.394 e. The third-order valence-electron chi connectivity index (χ3n) is 3.19. The van der Waals surface area contributed by atoms with Gasteiger partial charge in [0.05, 0.1) is 11.5 Å². The van der Waals surface area contributed by atoms with E-state index in [-0.39, 0.29) is 11.4 Å². The summed E-state index contributed by atoms with van der Waals surface area (Å²) in [5, 5.41) is 42.1. The molecule has 0 aliphatic carbocycles. The van der Waals surface area contributed by atoms with Gasteiger partial charge in [0.1, 0.15) is 24.0 Å². The quantitative estimate of drug-likeness (QED) is 0.444. The maximum atomic E-state index is 10.9. The lowest BCUT2D eigenvalue weighted by molar-refractivity contribution is -0.384. The van der Waals surface area contributed by atoms with Crippen molar-refractivity contribution in [1.29, 1.82) is 0 Å². The fourth-order valence-corrected chi connectivity index (χ4v) is 2.10. The lowest BCUT2D eigenvalue weighted by atomic mass is 10.1. The van der Waals surface area contributed by atoms with Crippen LogP contribution in [0.3, 0.4) is 0 Å². The largest absolute Gasteiger partial charge is 0.394 e. The summed E-state index contributed by atoms with van der Waals surface area (Å²) in [7, 11) is 0. The van der Waals surface area contributed by atoms with Crippen molar-refractivity contribution in [3.8, 4) is 0 Å². The molecule has 0 radical (unpaired) electrons. The highest BCUT2D eigenvalue weighted by molar-refractivity contribution is 5.63.